The Labute approximate surface area is 130 Å². The summed E-state index contributed by atoms with van der Waals surface area (Å²) in [7, 11) is 0. The fourth-order valence-corrected chi connectivity index (χ4v) is 3.53. The van der Waals surface area contributed by atoms with Crippen LogP contribution in [0.2, 0.25) is 0 Å². The van der Waals surface area contributed by atoms with Crippen molar-refractivity contribution in [3.8, 4) is 10.4 Å². The topological polar surface area (TPSA) is 26.0 Å². The van der Waals surface area contributed by atoms with Crippen LogP contribution in [0.3, 0.4) is 0 Å². The molecule has 0 aliphatic heterocycles. The van der Waals surface area contributed by atoms with E-state index >= 15 is 0 Å². The highest BCUT2D eigenvalue weighted by Gasteiger charge is 2.06. The molecule has 3 aromatic rings. The Kier molecular flexibility index (Phi) is 3.80. The van der Waals surface area contributed by atoms with Crippen LogP contribution < -0.4 is 5.73 Å². The molecular weight excluding hydrogens is 274 g/mol. The predicted octanol–water partition coefficient (Wildman–Crippen LogP) is 5.20. The van der Waals surface area contributed by atoms with Gasteiger partial charge >= 0.3 is 0 Å². The van der Waals surface area contributed by atoms with E-state index in [0.29, 0.717) is 0 Å². The molecule has 106 valence electrons. The van der Waals surface area contributed by atoms with Gasteiger partial charge in [-0.05, 0) is 54.8 Å². The summed E-state index contributed by atoms with van der Waals surface area (Å²) in [5, 5.41) is 0. The molecule has 0 aliphatic carbocycles. The summed E-state index contributed by atoms with van der Waals surface area (Å²) in [5.74, 6) is 0. The molecule has 2 N–H and O–H groups in total. The molecule has 0 saturated heterocycles. The van der Waals surface area contributed by atoms with Crippen molar-refractivity contribution < 1.29 is 0 Å². The van der Waals surface area contributed by atoms with Gasteiger partial charge in [-0.25, -0.2) is 0 Å². The molecule has 0 saturated carbocycles. The van der Waals surface area contributed by atoms with E-state index in [-0.39, 0.29) is 0 Å². The molecule has 0 atom stereocenters. The van der Waals surface area contributed by atoms with Crippen molar-refractivity contribution in [2.24, 2.45) is 0 Å². The molecule has 0 unspecified atom stereocenters. The highest BCUT2D eigenvalue weighted by atomic mass is 32.1. The van der Waals surface area contributed by atoms with Crippen LogP contribution in [0.5, 0.6) is 0 Å². The van der Waals surface area contributed by atoms with Gasteiger partial charge in [0, 0.05) is 21.9 Å². The third-order valence-corrected chi connectivity index (χ3v) is 4.84. The number of hydrogen-bond acceptors (Lipinski definition) is 2. The maximum Gasteiger partial charge on any atom is 0.0346 e. The van der Waals surface area contributed by atoms with Crippen LogP contribution in [0, 0.1) is 13.8 Å². The monoisotopic (exact) mass is 293 g/mol. The average molecular weight is 293 g/mol. The highest BCUT2D eigenvalue weighted by molar-refractivity contribution is 7.15. The average Bonchev–Trinajstić information content (AvgIpc) is 2.91. The summed E-state index contributed by atoms with van der Waals surface area (Å²) < 4.78 is 0. The number of anilines is 1. The number of thiophene rings is 1. The van der Waals surface area contributed by atoms with Gasteiger partial charge in [-0.2, -0.15) is 0 Å². The van der Waals surface area contributed by atoms with Crippen LogP contribution in [0.15, 0.2) is 54.6 Å². The zero-order chi connectivity index (χ0) is 14.8. The maximum atomic E-state index is 5.87. The van der Waals surface area contributed by atoms with Gasteiger partial charge in [0.15, 0.2) is 0 Å². The maximum absolute atomic E-state index is 5.87. The second-order valence-corrected chi connectivity index (χ2v) is 6.67. The Morgan fingerprint density at radius 3 is 2.62 bits per heavy atom. The molecule has 1 nitrogen and oxygen atoms in total. The molecule has 0 spiro atoms. The minimum absolute atomic E-state index is 0.817. The first kappa shape index (κ1) is 13.9. The fourth-order valence-electron chi connectivity index (χ4n) is 2.50. The van der Waals surface area contributed by atoms with Crippen LogP contribution in [-0.4, -0.2) is 0 Å². The molecular formula is C19H19NS. The Morgan fingerprint density at radius 1 is 0.952 bits per heavy atom. The Balaban J connectivity index is 1.87. The molecule has 21 heavy (non-hydrogen) atoms. The van der Waals surface area contributed by atoms with Gasteiger partial charge in [-0.3, -0.25) is 0 Å². The van der Waals surface area contributed by atoms with Crippen LogP contribution in [-0.2, 0) is 6.42 Å². The number of hydrogen-bond donors (Lipinski definition) is 1. The minimum atomic E-state index is 0.817. The van der Waals surface area contributed by atoms with E-state index in [9.17, 15) is 0 Å². The first-order chi connectivity index (χ1) is 10.1. The number of benzene rings is 2. The van der Waals surface area contributed by atoms with Gasteiger partial charge in [0.2, 0.25) is 0 Å². The van der Waals surface area contributed by atoms with Gasteiger partial charge in [0.1, 0.15) is 0 Å². The van der Waals surface area contributed by atoms with Gasteiger partial charge < -0.3 is 5.73 Å². The first-order valence-corrected chi connectivity index (χ1v) is 7.94. The largest absolute Gasteiger partial charge is 0.399 e. The summed E-state index contributed by atoms with van der Waals surface area (Å²) in [5.41, 5.74) is 12.0. The number of rotatable bonds is 3. The zero-order valence-corrected chi connectivity index (χ0v) is 13.2. The molecule has 3 rings (SSSR count). The molecule has 2 aromatic carbocycles. The summed E-state index contributed by atoms with van der Waals surface area (Å²) >= 11 is 1.85. The van der Waals surface area contributed by atoms with E-state index in [1.807, 2.05) is 29.5 Å². The molecule has 0 amide bonds. The number of nitrogens with two attached hydrogens (primary N) is 1. The number of aryl methyl sites for hydroxylation is 2. The lowest BCUT2D eigenvalue weighted by molar-refractivity contribution is 1.18. The van der Waals surface area contributed by atoms with Crippen LogP contribution in [0.1, 0.15) is 21.6 Å². The smallest absolute Gasteiger partial charge is 0.0346 e. The Morgan fingerprint density at radius 2 is 1.81 bits per heavy atom. The van der Waals surface area contributed by atoms with Gasteiger partial charge in [0.05, 0.1) is 0 Å². The lowest BCUT2D eigenvalue weighted by Gasteiger charge is -2.05. The fraction of sp³-hybridized carbons (Fsp3) is 0.158. The zero-order valence-electron chi connectivity index (χ0n) is 12.4. The van der Waals surface area contributed by atoms with Gasteiger partial charge in [-0.1, -0.05) is 35.9 Å². The summed E-state index contributed by atoms with van der Waals surface area (Å²) in [6.07, 6.45) is 1.00. The molecule has 0 radical (unpaired) electrons. The Bertz CT molecular complexity index is 771. The predicted molar refractivity (Wildman–Crippen MR) is 92.9 cm³/mol. The van der Waals surface area contributed by atoms with Crippen LogP contribution in [0.4, 0.5) is 5.69 Å². The third kappa shape index (κ3) is 3.17. The normalized spacial score (nSPS) is 10.8. The minimum Gasteiger partial charge on any atom is -0.399 e. The van der Waals surface area contributed by atoms with Gasteiger partial charge in [-0.15, -0.1) is 11.3 Å². The van der Waals surface area contributed by atoms with Crippen molar-refractivity contribution in [3.63, 3.8) is 0 Å². The molecule has 0 bridgehead atoms. The second-order valence-electron chi connectivity index (χ2n) is 5.50. The molecule has 0 fully saturated rings. The van der Waals surface area contributed by atoms with Crippen molar-refractivity contribution in [2.75, 3.05) is 5.73 Å². The SMILES string of the molecule is Cc1ccc(C)c(Cc2ccc(-c3cccc(N)c3)s2)c1. The number of nitrogen functional groups attached to an aromatic ring is 1. The lowest BCUT2D eigenvalue weighted by Crippen LogP contribution is -1.90. The van der Waals surface area contributed by atoms with E-state index in [0.717, 1.165) is 12.1 Å². The molecule has 2 heteroatoms. The summed E-state index contributed by atoms with van der Waals surface area (Å²) in [6, 6.07) is 19.2. The molecule has 0 aliphatic rings. The van der Waals surface area contributed by atoms with Crippen molar-refractivity contribution in [1.29, 1.82) is 0 Å². The van der Waals surface area contributed by atoms with Gasteiger partial charge in [0.25, 0.3) is 0 Å². The van der Waals surface area contributed by atoms with E-state index in [2.05, 4.69) is 50.2 Å². The summed E-state index contributed by atoms with van der Waals surface area (Å²) in [6.45, 7) is 4.33. The van der Waals surface area contributed by atoms with E-state index < -0.39 is 0 Å². The standard InChI is InChI=1S/C19H19NS/c1-13-6-7-14(2)16(10-13)12-18-8-9-19(21-18)15-4-3-5-17(20)11-15/h3-11H,12,20H2,1-2H3. The highest BCUT2D eigenvalue weighted by Crippen LogP contribution is 2.30. The van der Waals surface area contributed by atoms with E-state index in [1.165, 1.54) is 32.0 Å². The second kappa shape index (κ2) is 5.74. The Hall–Kier alpha value is -2.06. The molecule has 1 aromatic heterocycles. The van der Waals surface area contributed by atoms with Crippen molar-refractivity contribution in [1.82, 2.24) is 0 Å². The van der Waals surface area contributed by atoms with Crippen LogP contribution in [0.25, 0.3) is 10.4 Å². The molecule has 1 heterocycles. The first-order valence-electron chi connectivity index (χ1n) is 7.12. The van der Waals surface area contributed by atoms with Crippen molar-refractivity contribution >= 4 is 17.0 Å². The van der Waals surface area contributed by atoms with Crippen LogP contribution >= 0.6 is 11.3 Å². The van der Waals surface area contributed by atoms with Crippen molar-refractivity contribution in [2.45, 2.75) is 20.3 Å². The summed E-state index contributed by atoms with van der Waals surface area (Å²) in [4.78, 5) is 2.67. The van der Waals surface area contributed by atoms with Crippen molar-refractivity contribution in [3.05, 3.63) is 76.2 Å². The van der Waals surface area contributed by atoms with E-state index in [4.69, 9.17) is 5.73 Å². The lowest BCUT2D eigenvalue weighted by atomic mass is 10.0. The van der Waals surface area contributed by atoms with E-state index in [1.54, 1.807) is 0 Å². The third-order valence-electron chi connectivity index (χ3n) is 3.70. The quantitative estimate of drug-likeness (QED) is 0.659.